The molecule has 0 heterocycles. The lowest BCUT2D eigenvalue weighted by Crippen LogP contribution is -2.00. The van der Waals surface area contributed by atoms with Gasteiger partial charge in [-0.25, -0.2) is 0 Å². The third-order valence-corrected chi connectivity index (χ3v) is 4.04. The molecule has 1 nitrogen and oxygen atoms in total. The fraction of sp³-hybridized carbons (Fsp3) is 0.500. The molecule has 1 aromatic carbocycles. The summed E-state index contributed by atoms with van der Waals surface area (Å²) in [6.45, 7) is 8.52. The first kappa shape index (κ1) is 11.6. The zero-order valence-electron chi connectivity index (χ0n) is 9.49. The summed E-state index contributed by atoms with van der Waals surface area (Å²) in [5, 5.41) is 0. The molecule has 0 saturated carbocycles. The molecule has 0 saturated heterocycles. The van der Waals surface area contributed by atoms with E-state index in [4.69, 9.17) is 4.74 Å². The summed E-state index contributed by atoms with van der Waals surface area (Å²) >= 11 is 3.63. The Morgan fingerprint density at radius 3 is 2.07 bits per heavy atom. The fourth-order valence-corrected chi connectivity index (χ4v) is 2.38. The molecule has 0 amide bonds. The minimum absolute atomic E-state index is 1.01. The standard InChI is InChI=1S/C12H17BrO/c1-6-10-9(4)11(13)7(2)8(3)12(10)14-5/h6H2,1-5H3. The van der Waals surface area contributed by atoms with Crippen molar-refractivity contribution >= 4 is 15.9 Å². The average molecular weight is 257 g/mol. The monoisotopic (exact) mass is 256 g/mol. The van der Waals surface area contributed by atoms with Gasteiger partial charge in [0.1, 0.15) is 5.75 Å². The molecule has 1 aromatic rings. The Bertz CT molecular complexity index is 321. The third-order valence-electron chi connectivity index (χ3n) is 2.85. The smallest absolute Gasteiger partial charge is 0.125 e. The Labute approximate surface area is 94.6 Å². The number of rotatable bonds is 2. The van der Waals surface area contributed by atoms with E-state index < -0.39 is 0 Å². The van der Waals surface area contributed by atoms with E-state index in [1.54, 1.807) is 7.11 Å². The molecule has 1 rings (SSSR count). The summed E-state index contributed by atoms with van der Waals surface area (Å²) in [7, 11) is 1.74. The molecule has 0 unspecified atom stereocenters. The van der Waals surface area contributed by atoms with Crippen molar-refractivity contribution in [2.45, 2.75) is 34.1 Å². The van der Waals surface area contributed by atoms with Crippen molar-refractivity contribution in [1.82, 2.24) is 0 Å². The predicted octanol–water partition coefficient (Wildman–Crippen LogP) is 3.95. The van der Waals surface area contributed by atoms with Crippen LogP contribution in [0.15, 0.2) is 4.47 Å². The van der Waals surface area contributed by atoms with E-state index in [1.165, 1.54) is 26.7 Å². The van der Waals surface area contributed by atoms with E-state index >= 15 is 0 Å². The van der Waals surface area contributed by atoms with Crippen molar-refractivity contribution in [3.05, 3.63) is 26.7 Å². The van der Waals surface area contributed by atoms with Crippen LogP contribution in [0.1, 0.15) is 29.2 Å². The summed E-state index contributed by atoms with van der Waals surface area (Å²) in [6.07, 6.45) is 1.01. The van der Waals surface area contributed by atoms with Crippen molar-refractivity contribution < 1.29 is 4.74 Å². The number of hydrogen-bond donors (Lipinski definition) is 0. The molecule has 0 aliphatic rings. The number of methoxy groups -OCH3 is 1. The van der Waals surface area contributed by atoms with Gasteiger partial charge in [0, 0.05) is 4.47 Å². The van der Waals surface area contributed by atoms with E-state index in [-0.39, 0.29) is 0 Å². The maximum atomic E-state index is 5.46. The summed E-state index contributed by atoms with van der Waals surface area (Å²) < 4.78 is 6.68. The van der Waals surface area contributed by atoms with Crippen LogP contribution in [0.2, 0.25) is 0 Å². The SMILES string of the molecule is CCc1c(C)c(Br)c(C)c(C)c1OC. The minimum Gasteiger partial charge on any atom is -0.496 e. The van der Waals surface area contributed by atoms with E-state index in [1.807, 2.05) is 0 Å². The van der Waals surface area contributed by atoms with Crippen LogP contribution in [0.5, 0.6) is 5.75 Å². The van der Waals surface area contributed by atoms with Crippen molar-refractivity contribution in [1.29, 1.82) is 0 Å². The number of hydrogen-bond acceptors (Lipinski definition) is 1. The van der Waals surface area contributed by atoms with Gasteiger partial charge >= 0.3 is 0 Å². The first-order valence-corrected chi connectivity index (χ1v) is 5.66. The van der Waals surface area contributed by atoms with Gasteiger partial charge in [0.15, 0.2) is 0 Å². The Hall–Kier alpha value is -0.500. The molecule has 0 aromatic heterocycles. The van der Waals surface area contributed by atoms with Gasteiger partial charge < -0.3 is 4.74 Å². The highest BCUT2D eigenvalue weighted by molar-refractivity contribution is 9.10. The van der Waals surface area contributed by atoms with E-state index in [0.29, 0.717) is 0 Å². The Kier molecular flexibility index (Phi) is 3.59. The van der Waals surface area contributed by atoms with Gasteiger partial charge in [-0.1, -0.05) is 22.9 Å². The lowest BCUT2D eigenvalue weighted by Gasteiger charge is -2.17. The molecule has 0 aliphatic heterocycles. The molecular weight excluding hydrogens is 240 g/mol. The van der Waals surface area contributed by atoms with Gasteiger partial charge in [-0.3, -0.25) is 0 Å². The largest absolute Gasteiger partial charge is 0.496 e. The van der Waals surface area contributed by atoms with Crippen LogP contribution in [0.25, 0.3) is 0 Å². The Balaban J connectivity index is 3.57. The molecule has 0 N–H and O–H groups in total. The molecule has 14 heavy (non-hydrogen) atoms. The lowest BCUT2D eigenvalue weighted by atomic mass is 9.97. The van der Waals surface area contributed by atoms with Gasteiger partial charge in [0.2, 0.25) is 0 Å². The molecule has 0 radical (unpaired) electrons. The van der Waals surface area contributed by atoms with Gasteiger partial charge in [-0.2, -0.15) is 0 Å². The van der Waals surface area contributed by atoms with Crippen molar-refractivity contribution in [3.8, 4) is 5.75 Å². The van der Waals surface area contributed by atoms with Crippen LogP contribution in [-0.4, -0.2) is 7.11 Å². The van der Waals surface area contributed by atoms with Crippen LogP contribution in [0.4, 0.5) is 0 Å². The van der Waals surface area contributed by atoms with Crippen molar-refractivity contribution in [2.24, 2.45) is 0 Å². The zero-order chi connectivity index (χ0) is 10.9. The summed E-state index contributed by atoms with van der Waals surface area (Å²) in [4.78, 5) is 0. The van der Waals surface area contributed by atoms with Crippen LogP contribution in [0, 0.1) is 20.8 Å². The van der Waals surface area contributed by atoms with Crippen molar-refractivity contribution in [3.63, 3.8) is 0 Å². The maximum Gasteiger partial charge on any atom is 0.125 e. The Morgan fingerprint density at radius 2 is 1.64 bits per heavy atom. The summed E-state index contributed by atoms with van der Waals surface area (Å²) in [5.41, 5.74) is 5.12. The highest BCUT2D eigenvalue weighted by Gasteiger charge is 2.14. The van der Waals surface area contributed by atoms with E-state index in [2.05, 4.69) is 43.6 Å². The molecule has 0 atom stereocenters. The topological polar surface area (TPSA) is 9.23 Å². The molecule has 0 fully saturated rings. The van der Waals surface area contributed by atoms with Gasteiger partial charge in [0.25, 0.3) is 0 Å². The number of halogens is 1. The maximum absolute atomic E-state index is 5.46. The molecular formula is C12H17BrO. The number of ether oxygens (including phenoxy) is 1. The highest BCUT2D eigenvalue weighted by Crippen LogP contribution is 2.35. The van der Waals surface area contributed by atoms with Gasteiger partial charge in [-0.05, 0) is 49.4 Å². The minimum atomic E-state index is 1.01. The first-order chi connectivity index (χ1) is 6.54. The fourth-order valence-electron chi connectivity index (χ4n) is 1.85. The van der Waals surface area contributed by atoms with E-state index in [9.17, 15) is 0 Å². The lowest BCUT2D eigenvalue weighted by molar-refractivity contribution is 0.406. The van der Waals surface area contributed by atoms with Gasteiger partial charge in [0.05, 0.1) is 7.11 Å². The normalized spacial score (nSPS) is 10.4. The summed E-state index contributed by atoms with van der Waals surface area (Å²) in [5.74, 6) is 1.05. The molecule has 0 bridgehead atoms. The van der Waals surface area contributed by atoms with Crippen LogP contribution in [-0.2, 0) is 6.42 Å². The van der Waals surface area contributed by atoms with Crippen LogP contribution >= 0.6 is 15.9 Å². The summed E-state index contributed by atoms with van der Waals surface area (Å²) in [6, 6.07) is 0. The molecule has 2 heteroatoms. The van der Waals surface area contributed by atoms with Crippen LogP contribution in [0.3, 0.4) is 0 Å². The molecule has 0 spiro atoms. The van der Waals surface area contributed by atoms with Gasteiger partial charge in [-0.15, -0.1) is 0 Å². The second kappa shape index (κ2) is 4.35. The quantitative estimate of drug-likeness (QED) is 0.779. The highest BCUT2D eigenvalue weighted by atomic mass is 79.9. The predicted molar refractivity (Wildman–Crippen MR) is 64.3 cm³/mol. The first-order valence-electron chi connectivity index (χ1n) is 4.86. The zero-order valence-corrected chi connectivity index (χ0v) is 11.1. The number of benzene rings is 1. The second-order valence-electron chi connectivity index (χ2n) is 3.55. The Morgan fingerprint density at radius 1 is 1.07 bits per heavy atom. The van der Waals surface area contributed by atoms with Crippen LogP contribution < -0.4 is 4.74 Å². The molecule has 0 aliphatic carbocycles. The average Bonchev–Trinajstić information content (AvgIpc) is 2.20. The third kappa shape index (κ3) is 1.68. The van der Waals surface area contributed by atoms with E-state index in [0.717, 1.165) is 12.2 Å². The molecule has 78 valence electrons. The van der Waals surface area contributed by atoms with Crippen molar-refractivity contribution in [2.75, 3.05) is 7.11 Å². The second-order valence-corrected chi connectivity index (χ2v) is 4.35.